The Balaban J connectivity index is 2.41. The van der Waals surface area contributed by atoms with E-state index in [1.165, 1.54) is 6.20 Å². The number of esters is 2. The molecule has 0 N–H and O–H groups in total. The molecule has 0 fully saturated rings. The maximum absolute atomic E-state index is 12.0. The molecule has 1 aromatic heterocycles. The molecule has 110 valence electrons. The van der Waals surface area contributed by atoms with Crippen LogP contribution in [0.1, 0.15) is 25.5 Å². The van der Waals surface area contributed by atoms with Crippen molar-refractivity contribution in [1.82, 2.24) is 9.97 Å². The van der Waals surface area contributed by atoms with E-state index < -0.39 is 17.9 Å². The topological polar surface area (TPSA) is 78.4 Å². The van der Waals surface area contributed by atoms with E-state index in [4.69, 9.17) is 9.47 Å². The minimum Gasteiger partial charge on any atom is -0.465 e. The number of carbonyl (C=O) groups is 2. The summed E-state index contributed by atoms with van der Waals surface area (Å²) in [4.78, 5) is 32.5. The monoisotopic (exact) mass is 288 g/mol. The average Bonchev–Trinajstić information content (AvgIpc) is 2.48. The predicted molar refractivity (Wildman–Crippen MR) is 75.5 cm³/mol. The van der Waals surface area contributed by atoms with Crippen molar-refractivity contribution in [3.05, 3.63) is 36.2 Å². The maximum atomic E-state index is 12.0. The van der Waals surface area contributed by atoms with Gasteiger partial charge in [-0.3, -0.25) is 14.6 Å². The van der Waals surface area contributed by atoms with Crippen LogP contribution in [-0.4, -0.2) is 35.1 Å². The van der Waals surface area contributed by atoms with E-state index >= 15 is 0 Å². The summed E-state index contributed by atoms with van der Waals surface area (Å²) in [6.07, 6.45) is 1.40. The molecular weight excluding hydrogens is 272 g/mol. The summed E-state index contributed by atoms with van der Waals surface area (Å²) in [5, 5.41) is 0. The SMILES string of the molecule is CCOC(=O)C(C(=O)OCC)c1cnc2ccccc2n1. The lowest BCUT2D eigenvalue weighted by Gasteiger charge is -2.13. The number of para-hydroxylation sites is 2. The molecule has 1 heterocycles. The van der Waals surface area contributed by atoms with Crippen LogP contribution in [0, 0.1) is 0 Å². The Labute approximate surface area is 122 Å². The van der Waals surface area contributed by atoms with Crippen molar-refractivity contribution in [2.45, 2.75) is 19.8 Å². The minimum absolute atomic E-state index is 0.176. The summed E-state index contributed by atoms with van der Waals surface area (Å²) in [7, 11) is 0. The molecule has 0 saturated carbocycles. The first kappa shape index (κ1) is 14.9. The summed E-state index contributed by atoms with van der Waals surface area (Å²) >= 11 is 0. The van der Waals surface area contributed by atoms with Crippen LogP contribution < -0.4 is 0 Å². The lowest BCUT2D eigenvalue weighted by atomic mass is 10.1. The second-order valence-corrected chi connectivity index (χ2v) is 4.22. The van der Waals surface area contributed by atoms with E-state index in [1.807, 2.05) is 12.1 Å². The van der Waals surface area contributed by atoms with Crippen molar-refractivity contribution >= 4 is 23.0 Å². The van der Waals surface area contributed by atoms with Gasteiger partial charge in [0.15, 0.2) is 5.92 Å². The third kappa shape index (κ3) is 3.34. The van der Waals surface area contributed by atoms with Crippen LogP contribution >= 0.6 is 0 Å². The molecule has 2 rings (SSSR count). The number of ether oxygens (including phenoxy) is 2. The second-order valence-electron chi connectivity index (χ2n) is 4.22. The molecule has 0 saturated heterocycles. The Morgan fingerprint density at radius 1 is 1.05 bits per heavy atom. The molecule has 0 aliphatic carbocycles. The standard InChI is InChI=1S/C15H16N2O4/c1-3-20-14(18)13(15(19)21-4-2)12-9-16-10-7-5-6-8-11(10)17-12/h5-9,13H,3-4H2,1-2H3. The van der Waals surface area contributed by atoms with E-state index in [0.717, 1.165) is 0 Å². The van der Waals surface area contributed by atoms with Crippen LogP contribution in [-0.2, 0) is 19.1 Å². The first-order valence-corrected chi connectivity index (χ1v) is 6.72. The molecule has 6 heteroatoms. The molecule has 6 nitrogen and oxygen atoms in total. The highest BCUT2D eigenvalue weighted by atomic mass is 16.6. The Hall–Kier alpha value is -2.50. The molecule has 0 aliphatic rings. The summed E-state index contributed by atoms with van der Waals surface area (Å²) in [5.41, 5.74) is 1.52. The molecule has 0 amide bonds. The number of fused-ring (bicyclic) bond motifs is 1. The Morgan fingerprint density at radius 2 is 1.62 bits per heavy atom. The van der Waals surface area contributed by atoms with Crippen molar-refractivity contribution in [2.24, 2.45) is 0 Å². The summed E-state index contributed by atoms with van der Waals surface area (Å²) in [6, 6.07) is 7.21. The number of hydrogen-bond donors (Lipinski definition) is 0. The van der Waals surface area contributed by atoms with Gasteiger partial charge in [-0.1, -0.05) is 12.1 Å². The van der Waals surface area contributed by atoms with E-state index in [1.54, 1.807) is 26.0 Å². The number of carbonyl (C=O) groups excluding carboxylic acids is 2. The first-order valence-electron chi connectivity index (χ1n) is 6.72. The Morgan fingerprint density at radius 3 is 2.19 bits per heavy atom. The van der Waals surface area contributed by atoms with Gasteiger partial charge in [0.25, 0.3) is 0 Å². The van der Waals surface area contributed by atoms with Crippen molar-refractivity contribution in [1.29, 1.82) is 0 Å². The summed E-state index contributed by atoms with van der Waals surface area (Å²) < 4.78 is 9.86. The number of benzene rings is 1. The van der Waals surface area contributed by atoms with Gasteiger partial charge in [-0.05, 0) is 26.0 Å². The third-order valence-electron chi connectivity index (χ3n) is 2.81. The summed E-state index contributed by atoms with van der Waals surface area (Å²) in [5.74, 6) is -2.57. The quantitative estimate of drug-likeness (QED) is 0.617. The number of hydrogen-bond acceptors (Lipinski definition) is 6. The second kappa shape index (κ2) is 6.78. The molecule has 0 aliphatic heterocycles. The van der Waals surface area contributed by atoms with Crippen molar-refractivity contribution < 1.29 is 19.1 Å². The fourth-order valence-electron chi connectivity index (χ4n) is 1.90. The van der Waals surface area contributed by atoms with Crippen molar-refractivity contribution in [3.63, 3.8) is 0 Å². The van der Waals surface area contributed by atoms with Gasteiger partial charge in [-0.25, -0.2) is 4.98 Å². The summed E-state index contributed by atoms with van der Waals surface area (Å²) in [6.45, 7) is 3.70. The lowest BCUT2D eigenvalue weighted by Crippen LogP contribution is -2.27. The highest BCUT2D eigenvalue weighted by Crippen LogP contribution is 2.19. The van der Waals surface area contributed by atoms with Crippen LogP contribution in [0.4, 0.5) is 0 Å². The highest BCUT2D eigenvalue weighted by Gasteiger charge is 2.33. The van der Waals surface area contributed by atoms with Crippen LogP contribution in [0.5, 0.6) is 0 Å². The van der Waals surface area contributed by atoms with Gasteiger partial charge < -0.3 is 9.47 Å². The molecule has 0 radical (unpaired) electrons. The fraction of sp³-hybridized carbons (Fsp3) is 0.333. The molecule has 0 spiro atoms. The molecule has 0 atom stereocenters. The van der Waals surface area contributed by atoms with Gasteiger partial charge in [-0.2, -0.15) is 0 Å². The van der Waals surface area contributed by atoms with Gasteiger partial charge in [0, 0.05) is 0 Å². The molecule has 1 aromatic carbocycles. The number of rotatable bonds is 5. The Bertz CT molecular complexity index is 639. The smallest absolute Gasteiger partial charge is 0.326 e. The van der Waals surface area contributed by atoms with E-state index in [9.17, 15) is 9.59 Å². The van der Waals surface area contributed by atoms with E-state index in [2.05, 4.69) is 9.97 Å². The zero-order chi connectivity index (χ0) is 15.2. The minimum atomic E-state index is -1.21. The van der Waals surface area contributed by atoms with Crippen molar-refractivity contribution in [3.8, 4) is 0 Å². The lowest BCUT2D eigenvalue weighted by molar-refractivity contribution is -0.157. The third-order valence-corrected chi connectivity index (χ3v) is 2.81. The van der Waals surface area contributed by atoms with Crippen molar-refractivity contribution in [2.75, 3.05) is 13.2 Å². The molecular formula is C15H16N2O4. The van der Waals surface area contributed by atoms with Gasteiger partial charge in [0.1, 0.15) is 0 Å². The van der Waals surface area contributed by atoms with Gasteiger partial charge in [0.2, 0.25) is 0 Å². The van der Waals surface area contributed by atoms with Gasteiger partial charge in [0.05, 0.1) is 36.1 Å². The van der Waals surface area contributed by atoms with Crippen LogP contribution in [0.3, 0.4) is 0 Å². The number of nitrogens with zero attached hydrogens (tertiary/aromatic N) is 2. The van der Waals surface area contributed by atoms with Crippen LogP contribution in [0.2, 0.25) is 0 Å². The zero-order valence-electron chi connectivity index (χ0n) is 11.9. The van der Waals surface area contributed by atoms with Crippen LogP contribution in [0.15, 0.2) is 30.5 Å². The largest absolute Gasteiger partial charge is 0.465 e. The average molecular weight is 288 g/mol. The predicted octanol–water partition coefficient (Wildman–Crippen LogP) is 1.84. The fourth-order valence-corrected chi connectivity index (χ4v) is 1.90. The van der Waals surface area contributed by atoms with Gasteiger partial charge in [-0.15, -0.1) is 0 Å². The molecule has 2 aromatic rings. The molecule has 0 bridgehead atoms. The van der Waals surface area contributed by atoms with Gasteiger partial charge >= 0.3 is 11.9 Å². The highest BCUT2D eigenvalue weighted by molar-refractivity contribution is 6.00. The van der Waals surface area contributed by atoms with Crippen LogP contribution in [0.25, 0.3) is 11.0 Å². The zero-order valence-corrected chi connectivity index (χ0v) is 11.9. The number of aromatic nitrogens is 2. The normalized spacial score (nSPS) is 10.6. The van der Waals surface area contributed by atoms with E-state index in [-0.39, 0.29) is 18.9 Å². The Kier molecular flexibility index (Phi) is 4.81. The van der Waals surface area contributed by atoms with E-state index in [0.29, 0.717) is 11.0 Å². The maximum Gasteiger partial charge on any atom is 0.326 e. The molecule has 21 heavy (non-hydrogen) atoms. The first-order chi connectivity index (χ1) is 10.2. The molecule has 0 unspecified atom stereocenters.